The van der Waals surface area contributed by atoms with Crippen LogP contribution in [0.3, 0.4) is 0 Å². The molecule has 98 valence electrons. The largest absolute Gasteiger partial charge is 0.192 e. The quantitative estimate of drug-likeness (QED) is 0.666. The zero-order chi connectivity index (χ0) is 15.2. The molecule has 1 nitrogen and oxygen atoms in total. The van der Waals surface area contributed by atoms with E-state index in [1.165, 1.54) is 0 Å². The van der Waals surface area contributed by atoms with Crippen LogP contribution in [0.1, 0.15) is 43.0 Å². The van der Waals surface area contributed by atoms with Crippen LogP contribution in [-0.4, -0.2) is 0 Å². The lowest BCUT2D eigenvalue weighted by atomic mass is 9.94. The van der Waals surface area contributed by atoms with E-state index in [4.69, 9.17) is 0 Å². The fourth-order valence-electron chi connectivity index (χ4n) is 2.26. The third-order valence-corrected chi connectivity index (χ3v) is 3.08. The number of nitrogens with zero attached hydrogens (tertiary/aromatic N) is 1. The van der Waals surface area contributed by atoms with Gasteiger partial charge in [-0.15, -0.1) is 17.8 Å². The van der Waals surface area contributed by atoms with Crippen molar-refractivity contribution in [2.75, 3.05) is 0 Å². The summed E-state index contributed by atoms with van der Waals surface area (Å²) in [7, 11) is 0. The van der Waals surface area contributed by atoms with Crippen molar-refractivity contribution in [1.82, 2.24) is 0 Å². The molecule has 0 N–H and O–H groups in total. The van der Waals surface area contributed by atoms with Crippen LogP contribution in [0.5, 0.6) is 0 Å². The summed E-state index contributed by atoms with van der Waals surface area (Å²) in [5.74, 6) is 17.8. The first kappa shape index (κ1) is 14.3. The fourth-order valence-corrected chi connectivity index (χ4v) is 2.26. The van der Waals surface area contributed by atoms with Crippen molar-refractivity contribution in [3.05, 3.63) is 46.5 Å². The Balaban J connectivity index is 2.96. The number of rotatable bonds is 0. The molecule has 0 heterocycles. The maximum absolute atomic E-state index is 9.45. The Morgan fingerprint density at radius 2 is 1.14 bits per heavy atom. The van der Waals surface area contributed by atoms with Crippen LogP contribution in [-0.2, 0) is 0 Å². The highest BCUT2D eigenvalue weighted by Gasteiger charge is 2.10. The first-order valence-corrected chi connectivity index (χ1v) is 6.54. The Morgan fingerprint density at radius 3 is 1.62 bits per heavy atom. The second-order valence-electron chi connectivity index (χ2n) is 4.31. The molecular formula is C20H13N. The number of hydrogen-bond donors (Lipinski definition) is 0. The Hall–Kier alpha value is -3.13. The third kappa shape index (κ3) is 2.60. The van der Waals surface area contributed by atoms with E-state index in [-0.39, 0.29) is 0 Å². The van der Waals surface area contributed by atoms with Gasteiger partial charge in [-0.3, -0.25) is 0 Å². The van der Waals surface area contributed by atoms with Crippen LogP contribution in [0.4, 0.5) is 0 Å². The van der Waals surface area contributed by atoms with Gasteiger partial charge in [-0.2, -0.15) is 5.26 Å². The van der Waals surface area contributed by atoms with Crippen LogP contribution < -0.4 is 0 Å². The van der Waals surface area contributed by atoms with E-state index in [1.807, 2.05) is 24.3 Å². The molecule has 0 amide bonds. The van der Waals surface area contributed by atoms with Crippen molar-refractivity contribution in [1.29, 1.82) is 5.26 Å². The third-order valence-electron chi connectivity index (χ3n) is 3.08. The zero-order valence-corrected chi connectivity index (χ0v) is 12.3. The van der Waals surface area contributed by atoms with E-state index in [1.54, 1.807) is 20.8 Å². The predicted octanol–water partition coefficient (Wildman–Crippen LogP) is 3.83. The second kappa shape index (κ2) is 6.35. The summed E-state index contributed by atoms with van der Waals surface area (Å²) >= 11 is 0. The Bertz CT molecular complexity index is 937. The first-order chi connectivity index (χ1) is 10.3. The van der Waals surface area contributed by atoms with Crippen molar-refractivity contribution < 1.29 is 0 Å². The van der Waals surface area contributed by atoms with E-state index in [0.717, 1.165) is 27.5 Å². The van der Waals surface area contributed by atoms with Crippen LogP contribution in [0.25, 0.3) is 10.8 Å². The van der Waals surface area contributed by atoms with E-state index in [0.29, 0.717) is 5.56 Å². The number of benzene rings is 2. The molecule has 0 aliphatic carbocycles. The molecule has 21 heavy (non-hydrogen) atoms. The lowest BCUT2D eigenvalue weighted by Gasteiger charge is -2.07. The van der Waals surface area contributed by atoms with Crippen LogP contribution in [0.15, 0.2) is 24.3 Å². The van der Waals surface area contributed by atoms with Gasteiger partial charge in [0.2, 0.25) is 0 Å². The summed E-state index contributed by atoms with van der Waals surface area (Å²) in [6.45, 7) is 5.36. The van der Waals surface area contributed by atoms with Crippen molar-refractivity contribution in [3.8, 4) is 41.6 Å². The molecule has 2 rings (SSSR count). The van der Waals surface area contributed by atoms with Crippen LogP contribution >= 0.6 is 0 Å². The van der Waals surface area contributed by atoms with E-state index < -0.39 is 0 Å². The molecule has 0 fully saturated rings. The molecule has 0 unspecified atom stereocenters. The lowest BCUT2D eigenvalue weighted by Crippen LogP contribution is -1.92. The molecule has 0 spiro atoms. The minimum atomic E-state index is 0.594. The van der Waals surface area contributed by atoms with Crippen LogP contribution in [0.2, 0.25) is 0 Å². The number of nitriles is 1. The van der Waals surface area contributed by atoms with Gasteiger partial charge in [-0.05, 0) is 38.3 Å². The smallest absolute Gasteiger partial charge is 0.101 e. The molecule has 2 aromatic carbocycles. The van der Waals surface area contributed by atoms with Gasteiger partial charge in [0, 0.05) is 22.1 Å². The number of fused-ring (bicyclic) bond motifs is 1. The van der Waals surface area contributed by atoms with Crippen molar-refractivity contribution in [2.45, 2.75) is 20.8 Å². The topological polar surface area (TPSA) is 23.8 Å². The highest BCUT2D eigenvalue weighted by molar-refractivity contribution is 5.95. The molecule has 0 saturated heterocycles. The van der Waals surface area contributed by atoms with E-state index in [9.17, 15) is 5.26 Å². The minimum Gasteiger partial charge on any atom is -0.192 e. The van der Waals surface area contributed by atoms with Crippen molar-refractivity contribution in [3.63, 3.8) is 0 Å². The van der Waals surface area contributed by atoms with E-state index in [2.05, 4.69) is 41.6 Å². The number of hydrogen-bond acceptors (Lipinski definition) is 1. The second-order valence-corrected chi connectivity index (χ2v) is 4.31. The Labute approximate surface area is 125 Å². The van der Waals surface area contributed by atoms with Gasteiger partial charge in [0.1, 0.15) is 6.07 Å². The van der Waals surface area contributed by atoms with Gasteiger partial charge in [0.15, 0.2) is 0 Å². The molecular weight excluding hydrogens is 254 g/mol. The first-order valence-electron chi connectivity index (χ1n) is 6.54. The summed E-state index contributed by atoms with van der Waals surface area (Å²) in [4.78, 5) is 0. The standard InChI is InChI=1S/C20H13N/c1-4-7-15-10-13-19-18(17(15)9-6-3)12-11-16(8-5-2)20(19)14-21/h10-13H,1-3H3. The summed E-state index contributed by atoms with van der Waals surface area (Å²) in [6.07, 6.45) is 0. The molecule has 0 aliphatic heterocycles. The van der Waals surface area contributed by atoms with Crippen LogP contribution in [0, 0.1) is 46.9 Å². The molecule has 0 saturated carbocycles. The zero-order valence-electron chi connectivity index (χ0n) is 12.3. The normalized spacial score (nSPS) is 8.48. The Morgan fingerprint density at radius 1 is 0.667 bits per heavy atom. The molecule has 0 aromatic heterocycles. The lowest BCUT2D eigenvalue weighted by molar-refractivity contribution is 1.49. The summed E-state index contributed by atoms with van der Waals surface area (Å²) in [5.41, 5.74) is 3.10. The maximum atomic E-state index is 9.45. The summed E-state index contributed by atoms with van der Waals surface area (Å²) < 4.78 is 0. The molecule has 1 heteroatoms. The molecule has 0 radical (unpaired) electrons. The minimum absolute atomic E-state index is 0.594. The van der Waals surface area contributed by atoms with Gasteiger partial charge in [0.05, 0.1) is 5.56 Å². The summed E-state index contributed by atoms with van der Waals surface area (Å²) in [6, 6.07) is 9.95. The van der Waals surface area contributed by atoms with Crippen molar-refractivity contribution >= 4 is 10.8 Å². The highest BCUT2D eigenvalue weighted by Crippen LogP contribution is 2.26. The Kier molecular flexibility index (Phi) is 4.32. The molecule has 0 aliphatic rings. The molecule has 0 atom stereocenters. The molecule has 0 bridgehead atoms. The van der Waals surface area contributed by atoms with Gasteiger partial charge >= 0.3 is 0 Å². The van der Waals surface area contributed by atoms with Gasteiger partial charge in [-0.1, -0.05) is 29.9 Å². The van der Waals surface area contributed by atoms with Crippen molar-refractivity contribution in [2.24, 2.45) is 0 Å². The average Bonchev–Trinajstić information content (AvgIpc) is 2.50. The summed E-state index contributed by atoms with van der Waals surface area (Å²) in [5, 5.41) is 11.3. The fraction of sp³-hybridized carbons (Fsp3) is 0.150. The van der Waals surface area contributed by atoms with Gasteiger partial charge < -0.3 is 0 Å². The average molecular weight is 267 g/mol. The highest BCUT2D eigenvalue weighted by atomic mass is 14.3. The molecule has 2 aromatic rings. The monoisotopic (exact) mass is 267 g/mol. The SMILES string of the molecule is CC#Cc1ccc2c(C#CC)c(C#CC)ccc2c1C#N. The van der Waals surface area contributed by atoms with Gasteiger partial charge in [0.25, 0.3) is 0 Å². The maximum Gasteiger partial charge on any atom is 0.101 e. The predicted molar refractivity (Wildman–Crippen MR) is 86.3 cm³/mol. The van der Waals surface area contributed by atoms with Gasteiger partial charge in [-0.25, -0.2) is 0 Å². The van der Waals surface area contributed by atoms with E-state index >= 15 is 0 Å².